The second-order valence-electron chi connectivity index (χ2n) is 4.64. The van der Waals surface area contributed by atoms with Crippen molar-refractivity contribution in [1.29, 1.82) is 0 Å². The molecule has 3 nitrogen and oxygen atoms in total. The minimum Gasteiger partial charge on any atom is -0.399 e. The molecule has 92 valence electrons. The molecule has 1 fully saturated rings. The first-order valence-corrected chi connectivity index (χ1v) is 6.76. The van der Waals surface area contributed by atoms with Crippen LogP contribution in [0.5, 0.6) is 0 Å². The molecule has 0 aliphatic heterocycles. The number of carbonyl (C=O) groups is 1. The first kappa shape index (κ1) is 12.4. The summed E-state index contributed by atoms with van der Waals surface area (Å²) in [6.07, 6.45) is 3.50. The molecular weight excluding hydrogens is 280 g/mol. The molecule has 0 saturated heterocycles. The van der Waals surface area contributed by atoms with Crippen molar-refractivity contribution >= 4 is 27.5 Å². The Kier molecular flexibility index (Phi) is 3.72. The smallest absolute Gasteiger partial charge is 0.251 e. The fourth-order valence-electron chi connectivity index (χ4n) is 2.11. The van der Waals surface area contributed by atoms with Crippen LogP contribution in [0.25, 0.3) is 0 Å². The Hall–Kier alpha value is -1.03. The maximum Gasteiger partial charge on any atom is 0.251 e. The first-order valence-electron chi connectivity index (χ1n) is 5.97. The van der Waals surface area contributed by atoms with Crippen molar-refractivity contribution in [1.82, 2.24) is 5.32 Å². The summed E-state index contributed by atoms with van der Waals surface area (Å²) in [5, 5.41) is 3.04. The van der Waals surface area contributed by atoms with E-state index in [-0.39, 0.29) is 5.91 Å². The van der Waals surface area contributed by atoms with Crippen LogP contribution in [0.4, 0.5) is 5.69 Å². The van der Waals surface area contributed by atoms with Gasteiger partial charge < -0.3 is 11.1 Å². The van der Waals surface area contributed by atoms with Gasteiger partial charge in [-0.3, -0.25) is 4.79 Å². The average Bonchev–Trinajstić information content (AvgIpc) is 2.95. The minimum atomic E-state index is -0.0263. The number of nitrogens with two attached hydrogens (primary N) is 1. The van der Waals surface area contributed by atoms with Gasteiger partial charge in [0, 0.05) is 21.8 Å². The van der Waals surface area contributed by atoms with Crippen LogP contribution < -0.4 is 11.1 Å². The van der Waals surface area contributed by atoms with Crippen molar-refractivity contribution in [2.75, 3.05) is 5.73 Å². The third-order valence-corrected chi connectivity index (χ3v) is 3.54. The standard InChI is InChI=1S/C13H17BrN2O/c1-2-3-8-6-12(8)16-13(17)9-4-10(14)7-11(15)5-9/h4-5,7-8,12H,2-3,6,15H2,1H3,(H,16,17). The van der Waals surface area contributed by atoms with Gasteiger partial charge >= 0.3 is 0 Å². The Morgan fingerprint density at radius 3 is 2.94 bits per heavy atom. The molecular formula is C13H17BrN2O. The fraction of sp³-hybridized carbons (Fsp3) is 0.462. The van der Waals surface area contributed by atoms with E-state index in [0.717, 1.165) is 10.9 Å². The molecule has 0 spiro atoms. The van der Waals surface area contributed by atoms with Gasteiger partial charge in [0.15, 0.2) is 0 Å². The lowest BCUT2D eigenvalue weighted by Gasteiger charge is -2.06. The number of hydrogen-bond acceptors (Lipinski definition) is 2. The molecule has 1 aromatic rings. The summed E-state index contributed by atoms with van der Waals surface area (Å²) >= 11 is 3.34. The molecule has 3 N–H and O–H groups in total. The third-order valence-electron chi connectivity index (χ3n) is 3.08. The van der Waals surface area contributed by atoms with Crippen molar-refractivity contribution in [3.63, 3.8) is 0 Å². The van der Waals surface area contributed by atoms with Gasteiger partial charge in [-0.25, -0.2) is 0 Å². The lowest BCUT2D eigenvalue weighted by atomic mass is 10.2. The first-order chi connectivity index (χ1) is 8.10. The second-order valence-corrected chi connectivity index (χ2v) is 5.55. The molecule has 1 aliphatic carbocycles. The summed E-state index contributed by atoms with van der Waals surface area (Å²) in [5.41, 5.74) is 6.94. The Morgan fingerprint density at radius 2 is 2.29 bits per heavy atom. The number of hydrogen-bond donors (Lipinski definition) is 2. The monoisotopic (exact) mass is 296 g/mol. The maximum absolute atomic E-state index is 12.0. The number of nitrogens with one attached hydrogen (secondary N) is 1. The van der Waals surface area contributed by atoms with Crippen molar-refractivity contribution in [3.8, 4) is 0 Å². The van der Waals surface area contributed by atoms with Gasteiger partial charge in [0.2, 0.25) is 0 Å². The lowest BCUT2D eigenvalue weighted by molar-refractivity contribution is 0.0949. The molecule has 0 aromatic heterocycles. The highest BCUT2D eigenvalue weighted by Gasteiger charge is 2.37. The van der Waals surface area contributed by atoms with E-state index in [1.807, 2.05) is 0 Å². The van der Waals surface area contributed by atoms with Crippen molar-refractivity contribution in [2.24, 2.45) is 5.92 Å². The van der Waals surface area contributed by atoms with E-state index in [1.54, 1.807) is 18.2 Å². The number of benzene rings is 1. The van der Waals surface area contributed by atoms with Crippen LogP contribution in [-0.4, -0.2) is 11.9 Å². The number of rotatable bonds is 4. The van der Waals surface area contributed by atoms with Crippen molar-refractivity contribution < 1.29 is 4.79 Å². The van der Waals surface area contributed by atoms with Crippen LogP contribution in [0.15, 0.2) is 22.7 Å². The number of carbonyl (C=O) groups excluding carboxylic acids is 1. The zero-order chi connectivity index (χ0) is 12.4. The Morgan fingerprint density at radius 1 is 1.53 bits per heavy atom. The Bertz CT molecular complexity index is 413. The summed E-state index contributed by atoms with van der Waals surface area (Å²) in [6, 6.07) is 5.65. The van der Waals surface area contributed by atoms with Gasteiger partial charge in [0.1, 0.15) is 0 Å². The lowest BCUT2D eigenvalue weighted by Crippen LogP contribution is -2.26. The zero-order valence-corrected chi connectivity index (χ0v) is 11.5. The average molecular weight is 297 g/mol. The largest absolute Gasteiger partial charge is 0.399 e. The van der Waals surface area contributed by atoms with Gasteiger partial charge in [-0.05, 0) is 37.0 Å². The molecule has 1 saturated carbocycles. The van der Waals surface area contributed by atoms with E-state index in [9.17, 15) is 4.79 Å². The molecule has 0 radical (unpaired) electrons. The molecule has 2 unspecified atom stereocenters. The quantitative estimate of drug-likeness (QED) is 0.840. The molecule has 0 heterocycles. The molecule has 1 aliphatic rings. The Labute approximate surface area is 110 Å². The fourth-order valence-corrected chi connectivity index (χ4v) is 2.62. The highest BCUT2D eigenvalue weighted by atomic mass is 79.9. The van der Waals surface area contributed by atoms with Crippen molar-refractivity contribution in [2.45, 2.75) is 32.2 Å². The van der Waals surface area contributed by atoms with E-state index in [2.05, 4.69) is 28.2 Å². The summed E-state index contributed by atoms with van der Waals surface area (Å²) in [7, 11) is 0. The molecule has 2 rings (SSSR count). The van der Waals surface area contributed by atoms with Crippen LogP contribution in [0.2, 0.25) is 0 Å². The molecule has 4 heteroatoms. The predicted molar refractivity (Wildman–Crippen MR) is 72.8 cm³/mol. The summed E-state index contributed by atoms with van der Waals surface area (Å²) < 4.78 is 0.837. The van der Waals surface area contributed by atoms with E-state index >= 15 is 0 Å². The van der Waals surface area contributed by atoms with E-state index in [4.69, 9.17) is 5.73 Å². The van der Waals surface area contributed by atoms with Gasteiger partial charge in [-0.1, -0.05) is 29.3 Å². The highest BCUT2D eigenvalue weighted by Crippen LogP contribution is 2.34. The number of nitrogen functional groups attached to an aromatic ring is 1. The number of halogens is 1. The van der Waals surface area contributed by atoms with Crippen molar-refractivity contribution in [3.05, 3.63) is 28.2 Å². The third kappa shape index (κ3) is 3.22. The second kappa shape index (κ2) is 5.08. The van der Waals surface area contributed by atoms with E-state index in [0.29, 0.717) is 23.2 Å². The Balaban J connectivity index is 1.96. The molecule has 2 atom stereocenters. The number of anilines is 1. The van der Waals surface area contributed by atoms with Crippen LogP contribution >= 0.6 is 15.9 Å². The summed E-state index contributed by atoms with van der Waals surface area (Å²) in [5.74, 6) is 0.648. The summed E-state index contributed by atoms with van der Waals surface area (Å²) in [4.78, 5) is 12.0. The van der Waals surface area contributed by atoms with Gasteiger partial charge in [-0.15, -0.1) is 0 Å². The number of amides is 1. The minimum absolute atomic E-state index is 0.0263. The summed E-state index contributed by atoms with van der Waals surface area (Å²) in [6.45, 7) is 2.17. The maximum atomic E-state index is 12.0. The predicted octanol–water partition coefficient (Wildman–Crippen LogP) is 2.95. The van der Waals surface area contributed by atoms with E-state index < -0.39 is 0 Å². The molecule has 1 amide bonds. The normalized spacial score (nSPS) is 22.2. The van der Waals surface area contributed by atoms with Crippen LogP contribution in [-0.2, 0) is 0 Å². The van der Waals surface area contributed by atoms with Crippen LogP contribution in [0.3, 0.4) is 0 Å². The molecule has 0 bridgehead atoms. The van der Waals surface area contributed by atoms with Gasteiger partial charge in [0.05, 0.1) is 0 Å². The van der Waals surface area contributed by atoms with Gasteiger partial charge in [0.25, 0.3) is 5.91 Å². The molecule has 17 heavy (non-hydrogen) atoms. The SMILES string of the molecule is CCCC1CC1NC(=O)c1cc(N)cc(Br)c1. The van der Waals surface area contributed by atoms with Crippen LogP contribution in [0.1, 0.15) is 36.5 Å². The highest BCUT2D eigenvalue weighted by molar-refractivity contribution is 9.10. The molecule has 1 aromatic carbocycles. The van der Waals surface area contributed by atoms with Gasteiger partial charge in [-0.2, -0.15) is 0 Å². The zero-order valence-electron chi connectivity index (χ0n) is 9.87. The van der Waals surface area contributed by atoms with Crippen LogP contribution in [0, 0.1) is 5.92 Å². The topological polar surface area (TPSA) is 55.1 Å². The van der Waals surface area contributed by atoms with E-state index in [1.165, 1.54) is 12.8 Å².